The molecule has 1 fully saturated rings. The molecule has 0 saturated carbocycles. The molecule has 36 heavy (non-hydrogen) atoms. The van der Waals surface area contributed by atoms with Crippen LogP contribution in [-0.2, 0) is 4.74 Å². The normalized spacial score (nSPS) is 13.3. The van der Waals surface area contributed by atoms with Crippen molar-refractivity contribution in [3.63, 3.8) is 0 Å². The molecule has 5 rings (SSSR count). The van der Waals surface area contributed by atoms with Gasteiger partial charge in [0.25, 0.3) is 0 Å². The third kappa shape index (κ3) is 4.53. The number of methoxy groups -OCH3 is 3. The van der Waals surface area contributed by atoms with Gasteiger partial charge in [-0.15, -0.1) is 0 Å². The minimum atomic E-state index is -0.344. The summed E-state index contributed by atoms with van der Waals surface area (Å²) < 4.78 is 36.2. The zero-order valence-corrected chi connectivity index (χ0v) is 20.4. The van der Waals surface area contributed by atoms with Crippen molar-refractivity contribution in [2.45, 2.75) is 0 Å². The summed E-state index contributed by atoms with van der Waals surface area (Å²) in [4.78, 5) is 10.5. The van der Waals surface area contributed by atoms with Gasteiger partial charge in [0.05, 0.1) is 68.0 Å². The SMILES string of the molecule is COc1cc(OC)c(-c2nc3cc(N4CCOCC4)c(C#Cc4ccccc4F)cc3[nH]2)cc1OC. The summed E-state index contributed by atoms with van der Waals surface area (Å²) in [5.41, 5.74) is 4.38. The van der Waals surface area contributed by atoms with Crippen LogP contribution >= 0.6 is 0 Å². The Hall–Kier alpha value is -4.22. The summed E-state index contributed by atoms with van der Waals surface area (Å²) in [5.74, 6) is 8.18. The fourth-order valence-corrected chi connectivity index (χ4v) is 4.25. The zero-order valence-electron chi connectivity index (χ0n) is 20.4. The number of imidazole rings is 1. The molecule has 8 heteroatoms. The van der Waals surface area contributed by atoms with E-state index in [-0.39, 0.29) is 5.82 Å². The van der Waals surface area contributed by atoms with E-state index in [1.807, 2.05) is 18.2 Å². The number of benzene rings is 3. The van der Waals surface area contributed by atoms with E-state index < -0.39 is 0 Å². The van der Waals surface area contributed by atoms with Gasteiger partial charge >= 0.3 is 0 Å². The number of halogens is 1. The number of rotatable bonds is 5. The molecule has 1 N–H and O–H groups in total. The molecule has 1 aromatic heterocycles. The first-order valence-corrected chi connectivity index (χ1v) is 11.5. The number of nitrogens with one attached hydrogen (secondary N) is 1. The maximum absolute atomic E-state index is 14.2. The van der Waals surface area contributed by atoms with Crippen molar-refractivity contribution in [1.29, 1.82) is 0 Å². The molecule has 0 bridgehead atoms. The molecular weight excluding hydrogens is 461 g/mol. The summed E-state index contributed by atoms with van der Waals surface area (Å²) in [7, 11) is 4.76. The van der Waals surface area contributed by atoms with Gasteiger partial charge < -0.3 is 28.8 Å². The van der Waals surface area contributed by atoms with Gasteiger partial charge in [0, 0.05) is 19.2 Å². The number of hydrogen-bond donors (Lipinski definition) is 1. The average Bonchev–Trinajstić information content (AvgIpc) is 3.34. The lowest BCUT2D eigenvalue weighted by atomic mass is 10.1. The van der Waals surface area contributed by atoms with Gasteiger partial charge in [-0.2, -0.15) is 0 Å². The van der Waals surface area contributed by atoms with Crippen LogP contribution in [0.15, 0.2) is 48.5 Å². The molecule has 2 heterocycles. The molecule has 0 unspecified atom stereocenters. The highest BCUT2D eigenvalue weighted by molar-refractivity contribution is 5.87. The largest absolute Gasteiger partial charge is 0.496 e. The molecule has 0 radical (unpaired) electrons. The smallest absolute Gasteiger partial charge is 0.164 e. The number of morpholine rings is 1. The van der Waals surface area contributed by atoms with Crippen molar-refractivity contribution in [2.75, 3.05) is 52.5 Å². The van der Waals surface area contributed by atoms with E-state index >= 15 is 0 Å². The Morgan fingerprint density at radius 3 is 2.31 bits per heavy atom. The standard InChI is InChI=1S/C28H26FN3O4/c1-33-25-17-27(35-3)26(34-2)15-20(25)28-30-22-14-19(9-8-18-6-4-5-7-21(18)29)24(16-23(22)31-28)32-10-12-36-13-11-32/h4-7,14-17H,10-13H2,1-3H3,(H,30,31). The number of aromatic amines is 1. The van der Waals surface area contributed by atoms with E-state index in [0.29, 0.717) is 41.9 Å². The molecule has 184 valence electrons. The van der Waals surface area contributed by atoms with Crippen LogP contribution in [0.3, 0.4) is 0 Å². The first-order valence-electron chi connectivity index (χ1n) is 11.5. The van der Waals surface area contributed by atoms with Gasteiger partial charge in [-0.05, 0) is 30.3 Å². The number of H-pyrrole nitrogens is 1. The lowest BCUT2D eigenvalue weighted by Gasteiger charge is -2.29. The second-order valence-electron chi connectivity index (χ2n) is 8.21. The molecule has 3 aromatic carbocycles. The van der Waals surface area contributed by atoms with Crippen LogP contribution in [0.5, 0.6) is 17.2 Å². The number of fused-ring (bicyclic) bond motifs is 1. The van der Waals surface area contributed by atoms with Crippen LogP contribution in [0, 0.1) is 17.7 Å². The monoisotopic (exact) mass is 487 g/mol. The van der Waals surface area contributed by atoms with Crippen LogP contribution in [0.1, 0.15) is 11.1 Å². The number of hydrogen-bond acceptors (Lipinski definition) is 6. The first kappa shape index (κ1) is 23.5. The van der Waals surface area contributed by atoms with Crippen molar-refractivity contribution in [1.82, 2.24) is 9.97 Å². The van der Waals surface area contributed by atoms with Crippen molar-refractivity contribution in [3.8, 4) is 40.5 Å². The number of anilines is 1. The predicted molar refractivity (Wildman–Crippen MR) is 137 cm³/mol. The number of nitrogens with zero attached hydrogens (tertiary/aromatic N) is 2. The lowest BCUT2D eigenvalue weighted by Crippen LogP contribution is -2.36. The predicted octanol–water partition coefficient (Wildman–Crippen LogP) is 4.63. The van der Waals surface area contributed by atoms with Gasteiger partial charge in [0.15, 0.2) is 11.5 Å². The minimum absolute atomic E-state index is 0.344. The Morgan fingerprint density at radius 1 is 0.889 bits per heavy atom. The van der Waals surface area contributed by atoms with E-state index in [2.05, 4.69) is 21.7 Å². The molecule has 0 aliphatic carbocycles. The van der Waals surface area contributed by atoms with Crippen molar-refractivity contribution < 1.29 is 23.3 Å². The Morgan fingerprint density at radius 2 is 1.58 bits per heavy atom. The topological polar surface area (TPSA) is 68.8 Å². The van der Waals surface area contributed by atoms with E-state index in [0.717, 1.165) is 40.9 Å². The highest BCUT2D eigenvalue weighted by Crippen LogP contribution is 2.40. The summed E-state index contributed by atoms with van der Waals surface area (Å²) in [5, 5.41) is 0. The zero-order chi connectivity index (χ0) is 25.1. The Kier molecular flexibility index (Phi) is 6.65. The van der Waals surface area contributed by atoms with Gasteiger partial charge in [-0.1, -0.05) is 24.0 Å². The fourth-order valence-electron chi connectivity index (χ4n) is 4.25. The first-order chi connectivity index (χ1) is 17.6. The van der Waals surface area contributed by atoms with Gasteiger partial charge in [-0.25, -0.2) is 9.37 Å². The van der Waals surface area contributed by atoms with E-state index in [4.69, 9.17) is 23.9 Å². The summed E-state index contributed by atoms with van der Waals surface area (Å²) in [6, 6.07) is 14.1. The molecular formula is C28H26FN3O4. The highest BCUT2D eigenvalue weighted by Gasteiger charge is 2.19. The van der Waals surface area contributed by atoms with Gasteiger partial charge in [0.2, 0.25) is 0 Å². The molecule has 0 atom stereocenters. The maximum atomic E-state index is 14.2. The molecule has 0 spiro atoms. The second kappa shape index (κ2) is 10.2. The molecule has 7 nitrogen and oxygen atoms in total. The molecule has 4 aromatic rings. The van der Waals surface area contributed by atoms with Crippen LogP contribution in [-0.4, -0.2) is 57.6 Å². The Bertz CT molecular complexity index is 1470. The maximum Gasteiger partial charge on any atom is 0.164 e. The highest BCUT2D eigenvalue weighted by atomic mass is 19.1. The summed E-state index contributed by atoms with van der Waals surface area (Å²) in [6.45, 7) is 2.74. The van der Waals surface area contributed by atoms with Gasteiger partial charge in [-0.3, -0.25) is 0 Å². The van der Waals surface area contributed by atoms with E-state index in [1.165, 1.54) is 6.07 Å². The van der Waals surface area contributed by atoms with Gasteiger partial charge in [0.1, 0.15) is 17.4 Å². The third-order valence-corrected chi connectivity index (χ3v) is 6.12. The van der Waals surface area contributed by atoms with Crippen LogP contribution < -0.4 is 19.1 Å². The fraction of sp³-hybridized carbons (Fsp3) is 0.250. The number of ether oxygens (including phenoxy) is 4. The van der Waals surface area contributed by atoms with Crippen LogP contribution in [0.2, 0.25) is 0 Å². The van der Waals surface area contributed by atoms with Crippen LogP contribution in [0.4, 0.5) is 10.1 Å². The average molecular weight is 488 g/mol. The summed E-state index contributed by atoms with van der Waals surface area (Å²) in [6.07, 6.45) is 0. The Labute approximate surface area is 208 Å². The quantitative estimate of drug-likeness (QED) is 0.414. The van der Waals surface area contributed by atoms with E-state index in [1.54, 1.807) is 45.6 Å². The van der Waals surface area contributed by atoms with Crippen molar-refractivity contribution >= 4 is 16.7 Å². The van der Waals surface area contributed by atoms with Crippen LogP contribution in [0.25, 0.3) is 22.4 Å². The Balaban J connectivity index is 1.64. The van der Waals surface area contributed by atoms with Crippen molar-refractivity contribution in [2.24, 2.45) is 0 Å². The molecule has 1 aliphatic rings. The molecule has 1 saturated heterocycles. The second-order valence-corrected chi connectivity index (χ2v) is 8.21. The summed E-state index contributed by atoms with van der Waals surface area (Å²) >= 11 is 0. The minimum Gasteiger partial charge on any atom is -0.496 e. The molecule has 0 amide bonds. The molecule has 1 aliphatic heterocycles. The third-order valence-electron chi connectivity index (χ3n) is 6.12. The van der Waals surface area contributed by atoms with Crippen molar-refractivity contribution in [3.05, 3.63) is 65.5 Å². The van der Waals surface area contributed by atoms with E-state index in [9.17, 15) is 4.39 Å². The lowest BCUT2D eigenvalue weighted by molar-refractivity contribution is 0.122. The number of aromatic nitrogens is 2.